The lowest BCUT2D eigenvalue weighted by molar-refractivity contribution is -0.196. The van der Waals surface area contributed by atoms with Gasteiger partial charge in [0.2, 0.25) is 6.10 Å². The van der Waals surface area contributed by atoms with Gasteiger partial charge in [0.25, 0.3) is 5.95 Å². The minimum atomic E-state index is -4.35. The Hall–Kier alpha value is -0.870. The number of halogens is 3. The Balaban J connectivity index is 2.53. The molecule has 0 N–H and O–H groups in total. The van der Waals surface area contributed by atoms with Gasteiger partial charge in [0.1, 0.15) is 6.61 Å². The van der Waals surface area contributed by atoms with E-state index in [1.165, 1.54) is 0 Å². The van der Waals surface area contributed by atoms with E-state index in [-0.39, 0.29) is 5.95 Å². The third-order valence-corrected chi connectivity index (χ3v) is 1.03. The molecule has 0 aromatic carbocycles. The van der Waals surface area contributed by atoms with Gasteiger partial charge >= 0.3 is 6.18 Å². The summed E-state index contributed by atoms with van der Waals surface area (Å²) in [7, 11) is 0. The van der Waals surface area contributed by atoms with Gasteiger partial charge in [-0.2, -0.15) is 13.2 Å². The summed E-state index contributed by atoms with van der Waals surface area (Å²) in [6, 6.07) is 0. The van der Waals surface area contributed by atoms with E-state index in [2.05, 4.69) is 16.1 Å². The summed E-state index contributed by atoms with van der Waals surface area (Å²) in [5, 5.41) is 0. The van der Waals surface area contributed by atoms with Crippen LogP contribution in [0.1, 0.15) is 0 Å². The fraction of sp³-hybridized carbons (Fsp3) is 0.600. The zero-order chi connectivity index (χ0) is 7.78. The van der Waals surface area contributed by atoms with Crippen LogP contribution in [0.15, 0.2) is 12.5 Å². The Kier molecular flexibility index (Phi) is 1.50. The maximum Gasteiger partial charge on any atom is 0.428 e. The standard InChI is InChI=1S/C5H5F3O2/c1-3-9-2-4(10-3)5(6,7)8/h4H,1-2H2. The van der Waals surface area contributed by atoms with Gasteiger partial charge in [-0.25, -0.2) is 0 Å². The van der Waals surface area contributed by atoms with Crippen molar-refractivity contribution >= 4 is 0 Å². The average molecular weight is 154 g/mol. The summed E-state index contributed by atoms with van der Waals surface area (Å²) in [6.07, 6.45) is -6.18. The second kappa shape index (κ2) is 2.07. The molecule has 0 spiro atoms. The van der Waals surface area contributed by atoms with Gasteiger partial charge in [-0.3, -0.25) is 0 Å². The van der Waals surface area contributed by atoms with Gasteiger partial charge in [0.05, 0.1) is 0 Å². The molecule has 1 heterocycles. The van der Waals surface area contributed by atoms with E-state index in [0.29, 0.717) is 0 Å². The Labute approximate surface area is 55.2 Å². The van der Waals surface area contributed by atoms with Crippen LogP contribution >= 0.6 is 0 Å². The number of alkyl halides is 3. The number of hydrogen-bond acceptors (Lipinski definition) is 2. The molecule has 1 atom stereocenters. The molecule has 0 radical (unpaired) electrons. The van der Waals surface area contributed by atoms with Crippen LogP contribution < -0.4 is 0 Å². The van der Waals surface area contributed by atoms with Crippen LogP contribution in [0.2, 0.25) is 0 Å². The van der Waals surface area contributed by atoms with Crippen molar-refractivity contribution in [2.75, 3.05) is 6.61 Å². The van der Waals surface area contributed by atoms with E-state index in [4.69, 9.17) is 0 Å². The highest BCUT2D eigenvalue weighted by molar-refractivity contribution is 4.83. The summed E-state index contributed by atoms with van der Waals surface area (Å²) in [5.41, 5.74) is 0. The zero-order valence-electron chi connectivity index (χ0n) is 4.94. The number of ether oxygens (including phenoxy) is 2. The second-order valence-corrected chi connectivity index (χ2v) is 1.83. The maximum atomic E-state index is 11.7. The van der Waals surface area contributed by atoms with E-state index in [0.717, 1.165) is 0 Å². The molecule has 1 rings (SSSR count). The van der Waals surface area contributed by atoms with Crippen LogP contribution in [-0.2, 0) is 9.47 Å². The Morgan fingerprint density at radius 1 is 1.50 bits per heavy atom. The molecule has 10 heavy (non-hydrogen) atoms. The molecule has 0 bridgehead atoms. The lowest BCUT2D eigenvalue weighted by Gasteiger charge is -2.10. The maximum absolute atomic E-state index is 11.7. The molecular formula is C5H5F3O2. The van der Waals surface area contributed by atoms with Crippen molar-refractivity contribution < 1.29 is 22.6 Å². The van der Waals surface area contributed by atoms with Crippen molar-refractivity contribution in [2.24, 2.45) is 0 Å². The van der Waals surface area contributed by atoms with Crippen LogP contribution in [0.5, 0.6) is 0 Å². The van der Waals surface area contributed by atoms with Gasteiger partial charge in [-0.15, -0.1) is 0 Å². The monoisotopic (exact) mass is 154 g/mol. The second-order valence-electron chi connectivity index (χ2n) is 1.83. The van der Waals surface area contributed by atoms with E-state index < -0.39 is 18.9 Å². The van der Waals surface area contributed by atoms with Crippen molar-refractivity contribution in [1.82, 2.24) is 0 Å². The van der Waals surface area contributed by atoms with Crippen molar-refractivity contribution in [3.05, 3.63) is 12.5 Å². The minimum Gasteiger partial charge on any atom is -0.462 e. The predicted molar refractivity (Wildman–Crippen MR) is 26.0 cm³/mol. The third-order valence-electron chi connectivity index (χ3n) is 1.03. The zero-order valence-corrected chi connectivity index (χ0v) is 4.94. The molecule has 1 saturated heterocycles. The highest BCUT2D eigenvalue weighted by Crippen LogP contribution is 2.28. The largest absolute Gasteiger partial charge is 0.462 e. The first kappa shape index (κ1) is 7.24. The van der Waals surface area contributed by atoms with Gasteiger partial charge < -0.3 is 9.47 Å². The van der Waals surface area contributed by atoms with Crippen LogP contribution in [0.3, 0.4) is 0 Å². The highest BCUT2D eigenvalue weighted by Gasteiger charge is 2.45. The SMILES string of the molecule is C=C1OCC(C(F)(F)F)O1. The molecule has 2 nitrogen and oxygen atoms in total. The summed E-state index contributed by atoms with van der Waals surface area (Å²) < 4.78 is 43.6. The average Bonchev–Trinajstić information content (AvgIpc) is 2.11. The van der Waals surface area contributed by atoms with E-state index in [1.807, 2.05) is 0 Å². The number of hydrogen-bond donors (Lipinski definition) is 0. The molecule has 0 amide bonds. The molecule has 1 fully saturated rings. The predicted octanol–water partition coefficient (Wildman–Crippen LogP) is 1.44. The molecule has 0 aromatic rings. The highest BCUT2D eigenvalue weighted by atomic mass is 19.4. The van der Waals surface area contributed by atoms with Crippen LogP contribution in [0.4, 0.5) is 13.2 Å². The Morgan fingerprint density at radius 2 is 2.10 bits per heavy atom. The summed E-state index contributed by atoms with van der Waals surface area (Å²) in [5.74, 6) is -0.262. The summed E-state index contributed by atoms with van der Waals surface area (Å²) >= 11 is 0. The van der Waals surface area contributed by atoms with Gasteiger partial charge in [0.15, 0.2) is 0 Å². The molecule has 1 aliphatic rings. The molecular weight excluding hydrogens is 149 g/mol. The quantitative estimate of drug-likeness (QED) is 0.525. The third kappa shape index (κ3) is 1.34. The fourth-order valence-corrected chi connectivity index (χ4v) is 0.557. The van der Waals surface area contributed by atoms with Gasteiger partial charge in [0, 0.05) is 0 Å². The smallest absolute Gasteiger partial charge is 0.428 e. The van der Waals surface area contributed by atoms with Crippen LogP contribution in [0.25, 0.3) is 0 Å². The van der Waals surface area contributed by atoms with Crippen molar-refractivity contribution in [3.63, 3.8) is 0 Å². The summed E-state index contributed by atoms with van der Waals surface area (Å²) in [4.78, 5) is 0. The molecule has 0 aromatic heterocycles. The molecule has 0 saturated carbocycles. The molecule has 1 unspecified atom stereocenters. The number of rotatable bonds is 0. The van der Waals surface area contributed by atoms with E-state index >= 15 is 0 Å². The van der Waals surface area contributed by atoms with Gasteiger partial charge in [-0.05, 0) is 6.58 Å². The Morgan fingerprint density at radius 3 is 2.30 bits per heavy atom. The van der Waals surface area contributed by atoms with Crippen LogP contribution in [-0.4, -0.2) is 18.9 Å². The summed E-state index contributed by atoms with van der Waals surface area (Å²) in [6.45, 7) is 2.59. The topological polar surface area (TPSA) is 18.5 Å². The van der Waals surface area contributed by atoms with E-state index in [1.54, 1.807) is 0 Å². The molecule has 58 valence electrons. The molecule has 1 aliphatic heterocycles. The first-order chi connectivity index (χ1) is 4.50. The first-order valence-corrected chi connectivity index (χ1v) is 2.55. The normalized spacial score (nSPS) is 25.9. The lowest BCUT2D eigenvalue weighted by atomic mass is 10.4. The van der Waals surface area contributed by atoms with Crippen molar-refractivity contribution in [2.45, 2.75) is 12.3 Å². The fourth-order valence-electron chi connectivity index (χ4n) is 0.557. The minimum absolute atomic E-state index is 0.262. The Bertz CT molecular complexity index is 151. The van der Waals surface area contributed by atoms with Crippen molar-refractivity contribution in [1.29, 1.82) is 0 Å². The van der Waals surface area contributed by atoms with Gasteiger partial charge in [-0.1, -0.05) is 0 Å². The first-order valence-electron chi connectivity index (χ1n) is 2.55. The van der Waals surface area contributed by atoms with Crippen LogP contribution in [0, 0.1) is 0 Å². The van der Waals surface area contributed by atoms with Crippen molar-refractivity contribution in [3.8, 4) is 0 Å². The molecule has 5 heteroatoms. The van der Waals surface area contributed by atoms with E-state index in [9.17, 15) is 13.2 Å². The lowest BCUT2D eigenvalue weighted by Crippen LogP contribution is -2.30. The molecule has 0 aliphatic carbocycles.